The third-order valence-corrected chi connectivity index (χ3v) is 3.41. The summed E-state index contributed by atoms with van der Waals surface area (Å²) in [6.45, 7) is 0. The Balaban J connectivity index is 2.24. The molecule has 114 valence electrons. The number of anilines is 1. The first-order chi connectivity index (χ1) is 10.7. The minimum absolute atomic E-state index is 0.520. The van der Waals surface area contributed by atoms with Crippen LogP contribution in [0.4, 0.5) is 5.82 Å². The highest BCUT2D eigenvalue weighted by molar-refractivity contribution is 5.78. The van der Waals surface area contributed by atoms with E-state index in [4.69, 9.17) is 19.9 Å². The maximum absolute atomic E-state index is 6.18. The van der Waals surface area contributed by atoms with E-state index >= 15 is 0 Å². The Morgan fingerprint density at radius 3 is 2.27 bits per heavy atom. The van der Waals surface area contributed by atoms with Crippen molar-refractivity contribution in [1.82, 2.24) is 14.4 Å². The van der Waals surface area contributed by atoms with E-state index in [9.17, 15) is 0 Å². The van der Waals surface area contributed by atoms with Gasteiger partial charge in [0, 0.05) is 18.0 Å². The zero-order valence-electron chi connectivity index (χ0n) is 12.5. The van der Waals surface area contributed by atoms with Crippen molar-refractivity contribution in [3.8, 4) is 28.5 Å². The van der Waals surface area contributed by atoms with Gasteiger partial charge in [0.05, 0.1) is 27.5 Å². The molecule has 0 amide bonds. The molecule has 0 spiro atoms. The highest BCUT2D eigenvalue weighted by Crippen LogP contribution is 2.42. The number of hydrogen-bond acceptors (Lipinski definition) is 6. The fraction of sp³-hybridized carbons (Fsp3) is 0.200. The standard InChI is InChI=1S/C15H16N4O3/c1-20-10-6-9(7-11(21-2)14(10)22-3)13-15(16)19-5-4-17-8-12(19)18-13/h4-8H,16H2,1-3H3. The van der Waals surface area contributed by atoms with Crippen molar-refractivity contribution in [1.29, 1.82) is 0 Å². The summed E-state index contributed by atoms with van der Waals surface area (Å²) in [5.74, 6) is 2.14. The van der Waals surface area contributed by atoms with E-state index in [1.165, 1.54) is 0 Å². The zero-order chi connectivity index (χ0) is 15.7. The predicted molar refractivity (Wildman–Crippen MR) is 82.5 cm³/mol. The molecular weight excluding hydrogens is 284 g/mol. The first kappa shape index (κ1) is 14.0. The van der Waals surface area contributed by atoms with Crippen LogP contribution in [-0.2, 0) is 0 Å². The second-order valence-electron chi connectivity index (χ2n) is 4.56. The molecule has 0 atom stereocenters. The Labute approximate surface area is 127 Å². The molecule has 7 nitrogen and oxygen atoms in total. The van der Waals surface area contributed by atoms with E-state index in [1.807, 2.05) is 12.1 Å². The third kappa shape index (κ3) is 2.07. The number of imidazole rings is 1. The minimum atomic E-state index is 0.520. The Hall–Kier alpha value is -2.96. The van der Waals surface area contributed by atoms with E-state index in [1.54, 1.807) is 44.3 Å². The largest absolute Gasteiger partial charge is 0.493 e. The van der Waals surface area contributed by atoms with Crippen LogP contribution in [0.2, 0.25) is 0 Å². The van der Waals surface area contributed by atoms with E-state index < -0.39 is 0 Å². The molecule has 3 rings (SSSR count). The molecule has 0 bridgehead atoms. The first-order valence-corrected chi connectivity index (χ1v) is 6.57. The predicted octanol–water partition coefficient (Wildman–Crippen LogP) is 2.00. The Morgan fingerprint density at radius 1 is 1.05 bits per heavy atom. The van der Waals surface area contributed by atoms with Crippen molar-refractivity contribution in [3.05, 3.63) is 30.7 Å². The molecule has 0 saturated heterocycles. The van der Waals surface area contributed by atoms with E-state index in [-0.39, 0.29) is 0 Å². The van der Waals surface area contributed by atoms with Crippen LogP contribution in [0.3, 0.4) is 0 Å². The summed E-state index contributed by atoms with van der Waals surface area (Å²) in [5, 5.41) is 0. The molecule has 0 aliphatic heterocycles. The van der Waals surface area contributed by atoms with Gasteiger partial charge in [-0.25, -0.2) is 4.98 Å². The van der Waals surface area contributed by atoms with Crippen molar-refractivity contribution >= 4 is 11.5 Å². The summed E-state index contributed by atoms with van der Waals surface area (Å²) in [4.78, 5) is 8.56. The topological polar surface area (TPSA) is 83.9 Å². The lowest BCUT2D eigenvalue weighted by atomic mass is 10.1. The summed E-state index contributed by atoms with van der Waals surface area (Å²) < 4.78 is 17.8. The lowest BCUT2D eigenvalue weighted by Gasteiger charge is -2.13. The summed E-state index contributed by atoms with van der Waals surface area (Å²) in [6.07, 6.45) is 5.07. The Bertz CT molecular complexity index is 804. The fourth-order valence-corrected chi connectivity index (χ4v) is 2.36. The van der Waals surface area contributed by atoms with Crippen LogP contribution in [0, 0.1) is 0 Å². The molecule has 3 aromatic rings. The number of nitrogens with two attached hydrogens (primary N) is 1. The minimum Gasteiger partial charge on any atom is -0.493 e. The summed E-state index contributed by atoms with van der Waals surface area (Å²) in [5.41, 5.74) is 8.26. The average molecular weight is 300 g/mol. The number of methoxy groups -OCH3 is 3. The van der Waals surface area contributed by atoms with Gasteiger partial charge in [0.15, 0.2) is 17.1 Å². The number of rotatable bonds is 4. The highest BCUT2D eigenvalue weighted by Gasteiger charge is 2.18. The maximum Gasteiger partial charge on any atom is 0.203 e. The number of aromatic nitrogens is 3. The van der Waals surface area contributed by atoms with Gasteiger partial charge in [-0.1, -0.05) is 0 Å². The number of ether oxygens (including phenoxy) is 3. The number of nitrogen functional groups attached to an aromatic ring is 1. The van der Waals surface area contributed by atoms with Crippen molar-refractivity contribution in [2.24, 2.45) is 0 Å². The van der Waals surface area contributed by atoms with E-state index in [2.05, 4.69) is 9.97 Å². The first-order valence-electron chi connectivity index (χ1n) is 6.57. The molecule has 2 aromatic heterocycles. The molecular formula is C15H16N4O3. The summed E-state index contributed by atoms with van der Waals surface area (Å²) in [6, 6.07) is 3.62. The Kier molecular flexibility index (Phi) is 3.46. The van der Waals surface area contributed by atoms with Crippen molar-refractivity contribution in [2.45, 2.75) is 0 Å². The van der Waals surface area contributed by atoms with Crippen LogP contribution in [0.25, 0.3) is 16.9 Å². The molecule has 0 unspecified atom stereocenters. The van der Waals surface area contributed by atoms with Crippen LogP contribution in [0.15, 0.2) is 30.7 Å². The average Bonchev–Trinajstić information content (AvgIpc) is 2.90. The van der Waals surface area contributed by atoms with Gasteiger partial charge in [-0.15, -0.1) is 0 Å². The SMILES string of the molecule is COc1cc(-c2nc3cnccn3c2N)cc(OC)c1OC. The second kappa shape index (κ2) is 5.44. The number of hydrogen-bond donors (Lipinski definition) is 1. The van der Waals surface area contributed by atoms with Crippen molar-refractivity contribution < 1.29 is 14.2 Å². The third-order valence-electron chi connectivity index (χ3n) is 3.41. The fourth-order valence-electron chi connectivity index (χ4n) is 2.36. The lowest BCUT2D eigenvalue weighted by Crippen LogP contribution is -1.97. The smallest absolute Gasteiger partial charge is 0.203 e. The highest BCUT2D eigenvalue weighted by atomic mass is 16.5. The molecule has 2 N–H and O–H groups in total. The van der Waals surface area contributed by atoms with Crippen LogP contribution in [-0.4, -0.2) is 35.7 Å². The van der Waals surface area contributed by atoms with E-state index in [0.29, 0.717) is 34.4 Å². The lowest BCUT2D eigenvalue weighted by molar-refractivity contribution is 0.324. The van der Waals surface area contributed by atoms with Gasteiger partial charge < -0.3 is 19.9 Å². The monoisotopic (exact) mass is 300 g/mol. The molecule has 22 heavy (non-hydrogen) atoms. The number of fused-ring (bicyclic) bond motifs is 1. The summed E-state index contributed by atoms with van der Waals surface area (Å²) in [7, 11) is 4.70. The van der Waals surface area contributed by atoms with Crippen molar-refractivity contribution in [3.63, 3.8) is 0 Å². The number of nitrogens with zero attached hydrogens (tertiary/aromatic N) is 3. The molecule has 0 radical (unpaired) electrons. The molecule has 0 saturated carbocycles. The number of benzene rings is 1. The molecule has 2 heterocycles. The van der Waals surface area contributed by atoms with Crippen LogP contribution in [0.5, 0.6) is 17.2 Å². The quantitative estimate of drug-likeness (QED) is 0.793. The molecule has 0 aliphatic carbocycles. The van der Waals surface area contributed by atoms with Gasteiger partial charge in [0.2, 0.25) is 5.75 Å². The van der Waals surface area contributed by atoms with Gasteiger partial charge in [-0.05, 0) is 12.1 Å². The van der Waals surface area contributed by atoms with Crippen molar-refractivity contribution in [2.75, 3.05) is 27.1 Å². The molecule has 7 heteroatoms. The van der Waals surface area contributed by atoms with Crippen LogP contribution >= 0.6 is 0 Å². The van der Waals surface area contributed by atoms with Gasteiger partial charge in [-0.2, -0.15) is 0 Å². The normalized spacial score (nSPS) is 10.7. The van der Waals surface area contributed by atoms with Gasteiger partial charge in [0.1, 0.15) is 11.5 Å². The maximum atomic E-state index is 6.18. The molecule has 0 aliphatic rings. The molecule has 1 aromatic carbocycles. The van der Waals surface area contributed by atoms with Gasteiger partial charge >= 0.3 is 0 Å². The Morgan fingerprint density at radius 2 is 1.73 bits per heavy atom. The molecule has 0 fully saturated rings. The summed E-state index contributed by atoms with van der Waals surface area (Å²) >= 11 is 0. The van der Waals surface area contributed by atoms with Gasteiger partial charge in [-0.3, -0.25) is 9.38 Å². The zero-order valence-corrected chi connectivity index (χ0v) is 12.5. The second-order valence-corrected chi connectivity index (χ2v) is 4.56. The van der Waals surface area contributed by atoms with Crippen LogP contribution < -0.4 is 19.9 Å². The van der Waals surface area contributed by atoms with Crippen LogP contribution in [0.1, 0.15) is 0 Å². The van der Waals surface area contributed by atoms with Gasteiger partial charge in [0.25, 0.3) is 0 Å². The van der Waals surface area contributed by atoms with E-state index in [0.717, 1.165) is 5.56 Å².